The van der Waals surface area contributed by atoms with Gasteiger partial charge in [0.05, 0.1) is 16.8 Å². The zero-order valence-electron chi connectivity index (χ0n) is 15.5. The van der Waals surface area contributed by atoms with Gasteiger partial charge in [-0.3, -0.25) is 9.59 Å². The Hall–Kier alpha value is -3.87. The Labute approximate surface area is 168 Å². The van der Waals surface area contributed by atoms with Crippen LogP contribution < -0.4 is 15.5 Å². The average molecular weight is 385 g/mol. The second-order valence-corrected chi connectivity index (χ2v) is 6.23. The summed E-state index contributed by atoms with van der Waals surface area (Å²) in [5.74, 6) is -2.41. The second-order valence-electron chi connectivity index (χ2n) is 6.23. The molecule has 0 aromatic heterocycles. The summed E-state index contributed by atoms with van der Waals surface area (Å²) < 4.78 is 5.06. The number of hydrogen-bond acceptors (Lipinski definition) is 4. The fourth-order valence-corrected chi connectivity index (χ4v) is 2.80. The van der Waals surface area contributed by atoms with Crippen molar-refractivity contribution in [1.29, 1.82) is 0 Å². The van der Waals surface area contributed by atoms with Crippen molar-refractivity contribution in [2.75, 3.05) is 5.32 Å². The van der Waals surface area contributed by atoms with Crippen molar-refractivity contribution < 1.29 is 24.2 Å². The summed E-state index contributed by atoms with van der Waals surface area (Å²) in [6.45, 7) is 1.21. The summed E-state index contributed by atoms with van der Waals surface area (Å²) in [5.41, 5.74) is 1.95. The molecule has 0 saturated heterocycles. The van der Waals surface area contributed by atoms with Crippen LogP contribution in [0, 0.1) is 0 Å². The van der Waals surface area contributed by atoms with E-state index >= 15 is 0 Å². The number of carboxylic acids is 1. The summed E-state index contributed by atoms with van der Waals surface area (Å²) in [4.78, 5) is 35.8. The van der Waals surface area contributed by atoms with Crippen LogP contribution in [0.5, 0.6) is 5.75 Å². The zero-order valence-corrected chi connectivity index (χ0v) is 15.5. The first-order valence-electron chi connectivity index (χ1n) is 8.67. The molecule has 3 aromatic rings. The van der Waals surface area contributed by atoms with Crippen molar-refractivity contribution in [2.45, 2.75) is 6.92 Å². The summed E-state index contributed by atoms with van der Waals surface area (Å²) in [6.07, 6.45) is 0. The van der Waals surface area contributed by atoms with Crippen LogP contribution in [0.2, 0.25) is 0 Å². The average Bonchev–Trinajstić information content (AvgIpc) is 2.69. The Morgan fingerprint density at radius 1 is 0.897 bits per heavy atom. The molecule has 0 spiro atoms. The van der Waals surface area contributed by atoms with E-state index in [-0.39, 0.29) is 22.6 Å². The number of anilines is 1. The number of hydrogen-bond donors (Lipinski definition) is 2. The van der Waals surface area contributed by atoms with Gasteiger partial charge in [-0.15, -0.1) is 0 Å². The molecule has 0 fully saturated rings. The third-order valence-corrected chi connectivity index (χ3v) is 4.11. The first kappa shape index (κ1) is 19.9. The van der Waals surface area contributed by atoms with Crippen LogP contribution in [0.15, 0.2) is 66.7 Å². The molecule has 29 heavy (non-hydrogen) atoms. The molecule has 6 nitrogen and oxygen atoms in total. The van der Waals surface area contributed by atoms with Gasteiger partial charge >= 0.3 is 11.9 Å². The topological polar surface area (TPSA) is 92.7 Å². The van der Waals surface area contributed by atoms with Gasteiger partial charge in [-0.25, -0.2) is 4.79 Å². The van der Waals surface area contributed by atoms with Crippen molar-refractivity contribution >= 4 is 36.8 Å². The van der Waals surface area contributed by atoms with E-state index in [1.165, 1.54) is 31.2 Å². The van der Waals surface area contributed by atoms with E-state index in [2.05, 4.69) is 5.32 Å². The molecule has 0 aliphatic carbocycles. The van der Waals surface area contributed by atoms with Crippen LogP contribution in [0.1, 0.15) is 27.6 Å². The summed E-state index contributed by atoms with van der Waals surface area (Å²) >= 11 is 0. The molecule has 0 bridgehead atoms. The lowest BCUT2D eigenvalue weighted by molar-refractivity contribution is -0.131. The van der Waals surface area contributed by atoms with Crippen LogP contribution in [-0.4, -0.2) is 30.8 Å². The van der Waals surface area contributed by atoms with Gasteiger partial charge in [0.2, 0.25) is 0 Å². The van der Waals surface area contributed by atoms with E-state index in [4.69, 9.17) is 12.6 Å². The predicted octanol–water partition coefficient (Wildman–Crippen LogP) is 3.02. The fraction of sp³-hybridized carbons (Fsp3) is 0.0455. The largest absolute Gasteiger partial charge is 0.478 e. The molecule has 2 N–H and O–H groups in total. The van der Waals surface area contributed by atoms with Gasteiger partial charge < -0.3 is 15.2 Å². The maximum atomic E-state index is 12.8. The molecule has 0 aliphatic rings. The number of benzene rings is 3. The number of carbonyl (C=O) groups excluding carboxylic acids is 2. The maximum Gasteiger partial charge on any atom is 0.337 e. The van der Waals surface area contributed by atoms with E-state index in [0.717, 1.165) is 11.1 Å². The number of amides is 1. The van der Waals surface area contributed by atoms with Gasteiger partial charge in [-0.1, -0.05) is 54.0 Å². The van der Waals surface area contributed by atoms with Gasteiger partial charge in [-0.2, -0.15) is 0 Å². The molecule has 3 aromatic carbocycles. The number of aromatic carboxylic acids is 1. The highest BCUT2D eigenvalue weighted by atomic mass is 16.5. The van der Waals surface area contributed by atoms with Crippen molar-refractivity contribution in [2.24, 2.45) is 0 Å². The number of carboxylic acid groups (broad SMARTS) is 1. The Kier molecular flexibility index (Phi) is 5.78. The fourth-order valence-electron chi connectivity index (χ4n) is 2.80. The summed E-state index contributed by atoms with van der Waals surface area (Å²) in [5, 5.41) is 12.1. The highest BCUT2D eigenvalue weighted by Gasteiger charge is 2.18. The molecule has 0 heterocycles. The van der Waals surface area contributed by atoms with Crippen LogP contribution >= 0.6 is 0 Å². The molecular weight excluding hydrogens is 369 g/mol. The second kappa shape index (κ2) is 8.43. The Morgan fingerprint density at radius 3 is 2.28 bits per heavy atom. The molecule has 0 atom stereocenters. The van der Waals surface area contributed by atoms with E-state index in [9.17, 15) is 19.5 Å². The van der Waals surface area contributed by atoms with E-state index < -0.39 is 17.8 Å². The molecule has 0 saturated carbocycles. The molecule has 1 amide bonds. The van der Waals surface area contributed by atoms with Crippen LogP contribution in [-0.2, 0) is 4.79 Å². The molecule has 2 radical (unpaired) electrons. The summed E-state index contributed by atoms with van der Waals surface area (Å²) in [7, 11) is 5.75. The van der Waals surface area contributed by atoms with E-state index in [1.54, 1.807) is 12.1 Å². The number of ether oxygens (including phenoxy) is 1. The van der Waals surface area contributed by atoms with Crippen molar-refractivity contribution in [3.63, 3.8) is 0 Å². The SMILES string of the molecule is [B]c1ccc(OC(C)=O)c(C(=O)Nc2cc(-c3ccccc3)ccc2C(=O)O)c1. The highest BCUT2D eigenvalue weighted by Crippen LogP contribution is 2.27. The monoisotopic (exact) mass is 385 g/mol. The number of carbonyl (C=O) groups is 3. The smallest absolute Gasteiger partial charge is 0.337 e. The number of rotatable bonds is 5. The van der Waals surface area contributed by atoms with Crippen LogP contribution in [0.4, 0.5) is 5.69 Å². The lowest BCUT2D eigenvalue weighted by Crippen LogP contribution is -2.19. The van der Waals surface area contributed by atoms with Crippen molar-refractivity contribution in [3.8, 4) is 16.9 Å². The third kappa shape index (κ3) is 4.70. The predicted molar refractivity (Wildman–Crippen MR) is 110 cm³/mol. The van der Waals surface area contributed by atoms with Gasteiger partial charge in [0.1, 0.15) is 13.6 Å². The highest BCUT2D eigenvalue weighted by molar-refractivity contribution is 6.33. The van der Waals surface area contributed by atoms with E-state index in [0.29, 0.717) is 5.46 Å². The minimum Gasteiger partial charge on any atom is -0.478 e. The first-order valence-corrected chi connectivity index (χ1v) is 8.67. The standard InChI is InChI=1S/C22H16BNO5/c1-13(25)29-20-10-8-16(23)12-18(20)21(26)24-19-11-15(7-9-17(19)22(27)28)14-5-3-2-4-6-14/h2-12H,1H3,(H,24,26)(H,27,28). The first-order chi connectivity index (χ1) is 13.8. The maximum absolute atomic E-state index is 12.8. The zero-order chi connectivity index (χ0) is 21.0. The number of nitrogens with one attached hydrogen (secondary N) is 1. The minimum atomic E-state index is -1.19. The quantitative estimate of drug-likeness (QED) is 0.400. The number of esters is 1. The van der Waals surface area contributed by atoms with Gasteiger partial charge in [0.15, 0.2) is 0 Å². The molecule has 7 heteroatoms. The Morgan fingerprint density at radius 2 is 1.62 bits per heavy atom. The van der Waals surface area contributed by atoms with E-state index in [1.807, 2.05) is 30.3 Å². The van der Waals surface area contributed by atoms with Crippen molar-refractivity contribution in [3.05, 3.63) is 77.9 Å². The lowest BCUT2D eigenvalue weighted by atomic mass is 9.93. The Bertz CT molecular complexity index is 1100. The third-order valence-electron chi connectivity index (χ3n) is 4.11. The van der Waals surface area contributed by atoms with Gasteiger partial charge in [0.25, 0.3) is 5.91 Å². The molecule has 0 aliphatic heterocycles. The van der Waals surface area contributed by atoms with Crippen molar-refractivity contribution in [1.82, 2.24) is 0 Å². The molecule has 3 rings (SSSR count). The van der Waals surface area contributed by atoms with Crippen LogP contribution in [0.3, 0.4) is 0 Å². The normalized spacial score (nSPS) is 10.2. The molecular formula is C22H16BNO5. The minimum absolute atomic E-state index is 0.0154. The summed E-state index contributed by atoms with van der Waals surface area (Å²) in [6, 6.07) is 18.3. The van der Waals surface area contributed by atoms with Gasteiger partial charge in [0, 0.05) is 6.92 Å². The van der Waals surface area contributed by atoms with Crippen LogP contribution in [0.25, 0.3) is 11.1 Å². The molecule has 0 unspecified atom stereocenters. The molecule has 142 valence electrons. The lowest BCUT2D eigenvalue weighted by Gasteiger charge is -2.13. The Balaban J connectivity index is 2.01. The van der Waals surface area contributed by atoms with Gasteiger partial charge in [-0.05, 0) is 29.3 Å².